The minimum Gasteiger partial charge on any atom is -0.476 e. The fourth-order valence-corrected chi connectivity index (χ4v) is 3.97. The van der Waals surface area contributed by atoms with Crippen molar-refractivity contribution in [3.63, 3.8) is 0 Å². The van der Waals surface area contributed by atoms with Crippen molar-refractivity contribution in [3.05, 3.63) is 59.8 Å². The number of fused-ring (bicyclic) bond motifs is 1. The van der Waals surface area contributed by atoms with E-state index in [1.54, 1.807) is 0 Å². The molecule has 0 aliphatic rings. The van der Waals surface area contributed by atoms with E-state index in [2.05, 4.69) is 22.1 Å². The average Bonchev–Trinajstić information content (AvgIpc) is 3.26. The van der Waals surface area contributed by atoms with E-state index in [-0.39, 0.29) is 5.69 Å². The van der Waals surface area contributed by atoms with Gasteiger partial charge in [-0.1, -0.05) is 55.5 Å². The minimum atomic E-state index is -1.03. The van der Waals surface area contributed by atoms with Gasteiger partial charge in [-0.3, -0.25) is 5.10 Å². The highest BCUT2D eigenvalue weighted by molar-refractivity contribution is 7.18. The zero-order valence-electron chi connectivity index (χ0n) is 13.5. The molecule has 0 unspecified atom stereocenters. The normalized spacial score (nSPS) is 11.1. The lowest BCUT2D eigenvalue weighted by atomic mass is 10.1. The molecule has 0 aliphatic carbocycles. The van der Waals surface area contributed by atoms with E-state index in [4.69, 9.17) is 0 Å². The summed E-state index contributed by atoms with van der Waals surface area (Å²) in [7, 11) is 0. The molecule has 0 saturated heterocycles. The van der Waals surface area contributed by atoms with Crippen LogP contribution in [-0.4, -0.2) is 26.3 Å². The molecule has 6 heteroatoms. The van der Waals surface area contributed by atoms with Crippen molar-refractivity contribution in [2.24, 2.45) is 0 Å². The number of H-pyrrole nitrogens is 1. The summed E-state index contributed by atoms with van der Waals surface area (Å²) in [6, 6.07) is 15.5. The number of aromatic amines is 1. The van der Waals surface area contributed by atoms with E-state index in [0.717, 1.165) is 34.1 Å². The molecule has 4 aromatic rings. The molecule has 0 saturated carbocycles. The van der Waals surface area contributed by atoms with E-state index < -0.39 is 5.97 Å². The fraction of sp³-hybridized carbons (Fsp3) is 0.105. The van der Waals surface area contributed by atoms with Crippen LogP contribution < -0.4 is 0 Å². The lowest BCUT2D eigenvalue weighted by Crippen LogP contribution is -1.98. The van der Waals surface area contributed by atoms with Crippen molar-refractivity contribution >= 4 is 28.2 Å². The lowest BCUT2D eigenvalue weighted by molar-refractivity contribution is 0.0692. The van der Waals surface area contributed by atoms with Gasteiger partial charge in [-0.15, -0.1) is 11.3 Å². The second kappa shape index (κ2) is 6.14. The predicted octanol–water partition coefficient (Wildman–Crippen LogP) is 4.61. The van der Waals surface area contributed by atoms with E-state index in [0.29, 0.717) is 9.88 Å². The van der Waals surface area contributed by atoms with Crippen LogP contribution in [0.15, 0.2) is 48.5 Å². The third kappa shape index (κ3) is 2.60. The van der Waals surface area contributed by atoms with Gasteiger partial charge in [0.1, 0.15) is 10.7 Å². The molecular weight excluding hydrogens is 334 g/mol. The summed E-state index contributed by atoms with van der Waals surface area (Å²) < 4.78 is 0. The summed E-state index contributed by atoms with van der Waals surface area (Å²) in [4.78, 5) is 16.7. The average molecular weight is 349 g/mol. The topological polar surface area (TPSA) is 78.9 Å². The molecule has 2 aromatic heterocycles. The Morgan fingerprint density at radius 1 is 1.16 bits per heavy atom. The first-order chi connectivity index (χ1) is 12.2. The Balaban J connectivity index is 1.92. The second-order valence-electron chi connectivity index (χ2n) is 5.63. The van der Waals surface area contributed by atoms with Crippen LogP contribution in [0.5, 0.6) is 0 Å². The Hall–Kier alpha value is -2.99. The van der Waals surface area contributed by atoms with Crippen LogP contribution in [0.3, 0.4) is 0 Å². The lowest BCUT2D eigenvalue weighted by Gasteiger charge is -1.97. The Morgan fingerprint density at radius 3 is 2.68 bits per heavy atom. The van der Waals surface area contributed by atoms with Crippen molar-refractivity contribution in [1.82, 2.24) is 15.2 Å². The predicted molar refractivity (Wildman–Crippen MR) is 99.0 cm³/mol. The molecule has 2 N–H and O–H groups in total. The molecule has 0 radical (unpaired) electrons. The third-order valence-electron chi connectivity index (χ3n) is 4.13. The number of hydrogen-bond acceptors (Lipinski definition) is 4. The van der Waals surface area contributed by atoms with Gasteiger partial charge in [0.25, 0.3) is 0 Å². The standard InChI is InChI=1S/C19H15N3O2S/c1-2-11-9-6-10-13-14(11)21-22-15(13)18-20-16(19(23)24)17(25-18)12-7-4-3-5-8-12/h3-10H,2H2,1H3,(H,21,22)(H,23,24). The summed E-state index contributed by atoms with van der Waals surface area (Å²) in [6.07, 6.45) is 0.884. The number of rotatable bonds is 4. The molecule has 0 fully saturated rings. The highest BCUT2D eigenvalue weighted by atomic mass is 32.1. The van der Waals surface area contributed by atoms with Crippen LogP contribution in [-0.2, 0) is 6.42 Å². The first-order valence-electron chi connectivity index (χ1n) is 7.95. The summed E-state index contributed by atoms with van der Waals surface area (Å²) >= 11 is 1.36. The number of aromatic nitrogens is 3. The van der Waals surface area contributed by atoms with E-state index in [9.17, 15) is 9.90 Å². The maximum atomic E-state index is 11.7. The van der Waals surface area contributed by atoms with Crippen LogP contribution in [0.1, 0.15) is 23.0 Å². The van der Waals surface area contributed by atoms with Crippen molar-refractivity contribution in [3.8, 4) is 21.1 Å². The van der Waals surface area contributed by atoms with Crippen LogP contribution >= 0.6 is 11.3 Å². The summed E-state index contributed by atoms with van der Waals surface area (Å²) in [5.41, 5.74) is 3.74. The number of para-hydroxylation sites is 1. The SMILES string of the molecule is CCc1cccc2c(-c3nc(C(=O)O)c(-c4ccccc4)s3)[nH]nc12. The molecule has 0 spiro atoms. The van der Waals surface area contributed by atoms with Gasteiger partial charge in [0.15, 0.2) is 5.69 Å². The molecule has 2 heterocycles. The highest BCUT2D eigenvalue weighted by Gasteiger charge is 2.21. The molecule has 25 heavy (non-hydrogen) atoms. The maximum absolute atomic E-state index is 11.7. The minimum absolute atomic E-state index is 0.0700. The Bertz CT molecular complexity index is 1070. The van der Waals surface area contributed by atoms with Gasteiger partial charge in [0.2, 0.25) is 0 Å². The summed E-state index contributed by atoms with van der Waals surface area (Å²) in [5, 5.41) is 18.6. The number of benzene rings is 2. The van der Waals surface area contributed by atoms with Gasteiger partial charge in [0.05, 0.1) is 10.4 Å². The first-order valence-corrected chi connectivity index (χ1v) is 8.76. The monoisotopic (exact) mass is 349 g/mol. The van der Waals surface area contributed by atoms with E-state index in [1.165, 1.54) is 11.3 Å². The van der Waals surface area contributed by atoms with Crippen LogP contribution in [0.2, 0.25) is 0 Å². The number of aromatic carboxylic acids is 1. The van der Waals surface area contributed by atoms with E-state index in [1.807, 2.05) is 48.5 Å². The number of aryl methyl sites for hydroxylation is 1. The fourth-order valence-electron chi connectivity index (χ4n) is 2.90. The molecule has 0 atom stereocenters. The van der Waals surface area contributed by atoms with Crippen LogP contribution in [0.4, 0.5) is 0 Å². The number of carboxylic acid groups (broad SMARTS) is 1. The number of carbonyl (C=O) groups is 1. The number of carboxylic acids is 1. The van der Waals surface area contributed by atoms with Crippen LogP contribution in [0.25, 0.3) is 32.0 Å². The highest BCUT2D eigenvalue weighted by Crippen LogP contribution is 2.37. The Labute approximate surface area is 148 Å². The first kappa shape index (κ1) is 15.5. The Kier molecular flexibility index (Phi) is 3.82. The van der Waals surface area contributed by atoms with Crippen molar-refractivity contribution in [1.29, 1.82) is 0 Å². The van der Waals surface area contributed by atoms with Gasteiger partial charge >= 0.3 is 5.97 Å². The quantitative estimate of drug-likeness (QED) is 0.564. The van der Waals surface area contributed by atoms with E-state index >= 15 is 0 Å². The maximum Gasteiger partial charge on any atom is 0.356 e. The molecule has 124 valence electrons. The van der Waals surface area contributed by atoms with Gasteiger partial charge in [-0.05, 0) is 17.5 Å². The molecule has 4 rings (SSSR count). The summed E-state index contributed by atoms with van der Waals surface area (Å²) in [6.45, 7) is 2.09. The number of nitrogens with one attached hydrogen (secondary N) is 1. The van der Waals surface area contributed by atoms with Crippen LogP contribution in [0, 0.1) is 0 Å². The van der Waals surface area contributed by atoms with Gasteiger partial charge in [-0.25, -0.2) is 9.78 Å². The summed E-state index contributed by atoms with van der Waals surface area (Å²) in [5.74, 6) is -1.03. The van der Waals surface area contributed by atoms with Crippen molar-refractivity contribution < 1.29 is 9.90 Å². The van der Waals surface area contributed by atoms with Gasteiger partial charge in [-0.2, -0.15) is 5.10 Å². The zero-order valence-corrected chi connectivity index (χ0v) is 14.3. The molecule has 5 nitrogen and oxygen atoms in total. The number of nitrogens with zero attached hydrogens (tertiary/aromatic N) is 2. The van der Waals surface area contributed by atoms with Gasteiger partial charge in [0, 0.05) is 5.39 Å². The zero-order chi connectivity index (χ0) is 17.4. The molecule has 2 aromatic carbocycles. The van der Waals surface area contributed by atoms with Crippen molar-refractivity contribution in [2.45, 2.75) is 13.3 Å². The number of hydrogen-bond donors (Lipinski definition) is 2. The third-order valence-corrected chi connectivity index (χ3v) is 5.25. The molecule has 0 amide bonds. The van der Waals surface area contributed by atoms with Gasteiger partial charge < -0.3 is 5.11 Å². The Morgan fingerprint density at radius 2 is 1.96 bits per heavy atom. The largest absolute Gasteiger partial charge is 0.476 e. The van der Waals surface area contributed by atoms with Crippen molar-refractivity contribution in [2.75, 3.05) is 0 Å². The molecule has 0 aliphatic heterocycles. The number of thiazole rings is 1. The second-order valence-corrected chi connectivity index (χ2v) is 6.63. The molecular formula is C19H15N3O2S. The smallest absolute Gasteiger partial charge is 0.356 e. The molecule has 0 bridgehead atoms.